The van der Waals surface area contributed by atoms with E-state index in [1.54, 1.807) is 7.11 Å². The van der Waals surface area contributed by atoms with Gasteiger partial charge in [0.05, 0.1) is 12.9 Å². The molecular formula is C14H27NO. The maximum absolute atomic E-state index is 5.27. The molecule has 0 aromatic carbocycles. The van der Waals surface area contributed by atoms with E-state index in [0.29, 0.717) is 0 Å². The van der Waals surface area contributed by atoms with Gasteiger partial charge in [-0.2, -0.15) is 0 Å². The zero-order valence-electron chi connectivity index (χ0n) is 11.3. The predicted octanol–water partition coefficient (Wildman–Crippen LogP) is 3.51. The van der Waals surface area contributed by atoms with Gasteiger partial charge in [-0.25, -0.2) is 0 Å². The van der Waals surface area contributed by atoms with E-state index in [9.17, 15) is 0 Å². The average Bonchev–Trinajstić information content (AvgIpc) is 2.31. The molecule has 0 radical (unpaired) electrons. The number of methoxy groups -OCH3 is 1. The van der Waals surface area contributed by atoms with Crippen LogP contribution < -0.4 is 5.32 Å². The third-order valence-electron chi connectivity index (χ3n) is 2.72. The second-order valence-corrected chi connectivity index (χ2v) is 4.08. The summed E-state index contributed by atoms with van der Waals surface area (Å²) < 4.78 is 5.27. The summed E-state index contributed by atoms with van der Waals surface area (Å²) >= 11 is 0. The Kier molecular flexibility index (Phi) is 10.2. The Morgan fingerprint density at radius 1 is 1.38 bits per heavy atom. The minimum Gasteiger partial charge on any atom is -0.501 e. The van der Waals surface area contributed by atoms with Gasteiger partial charge in [0, 0.05) is 6.42 Å². The van der Waals surface area contributed by atoms with Crippen LogP contribution in [0, 0.1) is 5.92 Å². The average molecular weight is 225 g/mol. The molecule has 0 aromatic heterocycles. The highest BCUT2D eigenvalue weighted by molar-refractivity contribution is 5.07. The largest absolute Gasteiger partial charge is 0.501 e. The first-order valence-electron chi connectivity index (χ1n) is 6.32. The summed E-state index contributed by atoms with van der Waals surface area (Å²) in [6.07, 6.45) is 10.9. The first-order valence-corrected chi connectivity index (χ1v) is 6.32. The van der Waals surface area contributed by atoms with Gasteiger partial charge in [-0.1, -0.05) is 32.4 Å². The van der Waals surface area contributed by atoms with E-state index < -0.39 is 0 Å². The lowest BCUT2D eigenvalue weighted by atomic mass is 10.0. The van der Waals surface area contributed by atoms with Crippen molar-refractivity contribution >= 4 is 0 Å². The molecule has 0 aliphatic carbocycles. The van der Waals surface area contributed by atoms with Gasteiger partial charge in [0.25, 0.3) is 0 Å². The third kappa shape index (κ3) is 7.52. The lowest BCUT2D eigenvalue weighted by Crippen LogP contribution is -2.17. The molecule has 0 heterocycles. The van der Waals surface area contributed by atoms with Crippen molar-refractivity contribution in [1.82, 2.24) is 5.32 Å². The molecule has 94 valence electrons. The molecule has 0 aliphatic heterocycles. The van der Waals surface area contributed by atoms with Crippen LogP contribution >= 0.6 is 0 Å². The second-order valence-electron chi connectivity index (χ2n) is 4.08. The van der Waals surface area contributed by atoms with E-state index in [1.807, 2.05) is 7.05 Å². The van der Waals surface area contributed by atoms with Crippen molar-refractivity contribution in [2.24, 2.45) is 5.92 Å². The number of hydrogen-bond acceptors (Lipinski definition) is 2. The predicted molar refractivity (Wildman–Crippen MR) is 71.5 cm³/mol. The molecule has 0 aliphatic rings. The van der Waals surface area contributed by atoms with E-state index >= 15 is 0 Å². The van der Waals surface area contributed by atoms with Crippen molar-refractivity contribution in [3.05, 3.63) is 24.0 Å². The molecule has 0 aromatic rings. The molecule has 0 saturated carbocycles. The Labute approximate surface area is 101 Å². The minimum atomic E-state index is 0.742. The zero-order valence-corrected chi connectivity index (χ0v) is 11.3. The summed E-state index contributed by atoms with van der Waals surface area (Å²) in [4.78, 5) is 0. The number of ether oxygens (including phenoxy) is 1. The van der Waals surface area contributed by atoms with E-state index in [2.05, 4.69) is 37.4 Å². The Balaban J connectivity index is 3.97. The van der Waals surface area contributed by atoms with Gasteiger partial charge in [-0.05, 0) is 38.4 Å². The Morgan fingerprint density at radius 2 is 2.12 bits per heavy atom. The molecule has 16 heavy (non-hydrogen) atoms. The molecule has 0 fully saturated rings. The second kappa shape index (κ2) is 10.7. The van der Waals surface area contributed by atoms with Crippen LogP contribution in [-0.2, 0) is 4.74 Å². The lowest BCUT2D eigenvalue weighted by Gasteiger charge is -2.10. The molecule has 0 bridgehead atoms. The SMILES string of the molecule is CCC/C(=C\C=CCC(CC)CNC)OC. The molecule has 1 atom stereocenters. The van der Waals surface area contributed by atoms with Gasteiger partial charge < -0.3 is 10.1 Å². The van der Waals surface area contributed by atoms with Gasteiger partial charge in [0.1, 0.15) is 0 Å². The molecule has 1 N–H and O–H groups in total. The normalized spacial score (nSPS) is 14.4. The van der Waals surface area contributed by atoms with E-state index in [0.717, 1.165) is 37.5 Å². The summed E-state index contributed by atoms with van der Waals surface area (Å²) in [7, 11) is 3.75. The van der Waals surface area contributed by atoms with Crippen molar-refractivity contribution < 1.29 is 4.74 Å². The zero-order chi connectivity index (χ0) is 12.2. The van der Waals surface area contributed by atoms with Crippen LogP contribution in [-0.4, -0.2) is 20.7 Å². The monoisotopic (exact) mass is 225 g/mol. The van der Waals surface area contributed by atoms with Gasteiger partial charge in [0.15, 0.2) is 0 Å². The Morgan fingerprint density at radius 3 is 2.62 bits per heavy atom. The van der Waals surface area contributed by atoms with Crippen LogP contribution in [0.25, 0.3) is 0 Å². The van der Waals surface area contributed by atoms with E-state index in [4.69, 9.17) is 4.74 Å². The van der Waals surface area contributed by atoms with Crippen LogP contribution in [0.4, 0.5) is 0 Å². The molecule has 0 rings (SSSR count). The Hall–Kier alpha value is -0.760. The molecule has 0 saturated heterocycles. The molecule has 2 heteroatoms. The molecule has 0 spiro atoms. The van der Waals surface area contributed by atoms with Gasteiger partial charge in [-0.15, -0.1) is 0 Å². The molecule has 0 amide bonds. The smallest absolute Gasteiger partial charge is 0.0955 e. The summed E-state index contributed by atoms with van der Waals surface area (Å²) in [6, 6.07) is 0. The number of rotatable bonds is 9. The van der Waals surface area contributed by atoms with Crippen LogP contribution in [0.2, 0.25) is 0 Å². The summed E-state index contributed by atoms with van der Waals surface area (Å²) in [5.74, 6) is 1.81. The summed E-state index contributed by atoms with van der Waals surface area (Å²) in [5.41, 5.74) is 0. The topological polar surface area (TPSA) is 21.3 Å². The van der Waals surface area contributed by atoms with E-state index in [1.165, 1.54) is 6.42 Å². The van der Waals surface area contributed by atoms with Gasteiger partial charge in [-0.3, -0.25) is 0 Å². The number of hydrogen-bond donors (Lipinski definition) is 1. The van der Waals surface area contributed by atoms with Crippen molar-refractivity contribution in [2.75, 3.05) is 20.7 Å². The fraction of sp³-hybridized carbons (Fsp3) is 0.714. The molecular weight excluding hydrogens is 198 g/mol. The third-order valence-corrected chi connectivity index (χ3v) is 2.72. The Bertz CT molecular complexity index is 209. The standard InChI is InChI=1S/C14H27NO/c1-5-9-14(16-4)11-8-7-10-13(6-2)12-15-3/h7-8,11,13,15H,5-6,9-10,12H2,1-4H3/b8-7?,14-11+. The van der Waals surface area contributed by atoms with Gasteiger partial charge >= 0.3 is 0 Å². The fourth-order valence-corrected chi connectivity index (χ4v) is 1.63. The maximum Gasteiger partial charge on any atom is 0.0955 e. The highest BCUT2D eigenvalue weighted by Gasteiger charge is 2.01. The van der Waals surface area contributed by atoms with Crippen molar-refractivity contribution in [1.29, 1.82) is 0 Å². The fourth-order valence-electron chi connectivity index (χ4n) is 1.63. The minimum absolute atomic E-state index is 0.742. The number of nitrogens with one attached hydrogen (secondary N) is 1. The quantitative estimate of drug-likeness (QED) is 0.479. The maximum atomic E-state index is 5.27. The van der Waals surface area contributed by atoms with Crippen molar-refractivity contribution in [2.45, 2.75) is 39.5 Å². The first-order chi connectivity index (χ1) is 7.78. The highest BCUT2D eigenvalue weighted by atomic mass is 16.5. The highest BCUT2D eigenvalue weighted by Crippen LogP contribution is 2.09. The molecule has 2 nitrogen and oxygen atoms in total. The summed E-state index contributed by atoms with van der Waals surface area (Å²) in [6.45, 7) is 5.50. The van der Waals surface area contributed by atoms with Gasteiger partial charge in [0.2, 0.25) is 0 Å². The summed E-state index contributed by atoms with van der Waals surface area (Å²) in [5, 5.41) is 3.23. The van der Waals surface area contributed by atoms with Crippen LogP contribution in [0.15, 0.2) is 24.0 Å². The van der Waals surface area contributed by atoms with Crippen molar-refractivity contribution in [3.8, 4) is 0 Å². The van der Waals surface area contributed by atoms with Crippen LogP contribution in [0.1, 0.15) is 39.5 Å². The number of allylic oxidation sites excluding steroid dienone is 4. The van der Waals surface area contributed by atoms with Crippen molar-refractivity contribution in [3.63, 3.8) is 0 Å². The first kappa shape index (κ1) is 15.2. The molecule has 1 unspecified atom stereocenters. The van der Waals surface area contributed by atoms with Crippen LogP contribution in [0.3, 0.4) is 0 Å². The van der Waals surface area contributed by atoms with E-state index in [-0.39, 0.29) is 0 Å². The lowest BCUT2D eigenvalue weighted by molar-refractivity contribution is 0.276. The van der Waals surface area contributed by atoms with Crippen LogP contribution in [0.5, 0.6) is 0 Å².